The molecule has 8 nitrogen and oxygen atoms in total. The van der Waals surface area contributed by atoms with Gasteiger partial charge in [0.25, 0.3) is 0 Å². The molecule has 1 aromatic carbocycles. The van der Waals surface area contributed by atoms with Gasteiger partial charge in [-0.15, -0.1) is 0 Å². The van der Waals surface area contributed by atoms with E-state index in [0.717, 1.165) is 29.4 Å². The maximum absolute atomic E-state index is 9.22. The van der Waals surface area contributed by atoms with Crippen LogP contribution in [-0.4, -0.2) is 34.0 Å². The Hall–Kier alpha value is -2.10. The van der Waals surface area contributed by atoms with Crippen molar-refractivity contribution in [3.05, 3.63) is 24.5 Å². The van der Waals surface area contributed by atoms with Crippen LogP contribution >= 0.6 is 0 Å². The van der Waals surface area contributed by atoms with Crippen LogP contribution in [0.3, 0.4) is 0 Å². The van der Waals surface area contributed by atoms with E-state index in [1.165, 1.54) is 0 Å². The molecule has 0 atom stereocenters. The molecule has 22 heavy (non-hydrogen) atoms. The zero-order valence-corrected chi connectivity index (χ0v) is 13.0. The average molecular weight is 329 g/mol. The van der Waals surface area contributed by atoms with Gasteiger partial charge in [-0.3, -0.25) is 4.18 Å². The molecular weight excluding hydrogens is 314 g/mol. The lowest BCUT2D eigenvalue weighted by Gasteiger charge is -2.07. The van der Waals surface area contributed by atoms with Crippen LogP contribution in [0.4, 0.5) is 0 Å². The van der Waals surface area contributed by atoms with Crippen LogP contribution in [0.25, 0.3) is 10.8 Å². The quantitative estimate of drug-likeness (QED) is 0.449. The van der Waals surface area contributed by atoms with Gasteiger partial charge in [0.1, 0.15) is 7.05 Å². The second kappa shape index (κ2) is 6.34. The van der Waals surface area contributed by atoms with E-state index in [1.54, 1.807) is 7.11 Å². The van der Waals surface area contributed by atoms with Crippen molar-refractivity contribution in [3.63, 3.8) is 0 Å². The summed E-state index contributed by atoms with van der Waals surface area (Å²) in [5.41, 5.74) is 0. The van der Waals surface area contributed by atoms with E-state index in [2.05, 4.69) is 4.18 Å². The topological polar surface area (TPSA) is 98.0 Å². The monoisotopic (exact) mass is 329 g/mol. The van der Waals surface area contributed by atoms with E-state index in [4.69, 9.17) is 14.2 Å². The molecule has 2 heterocycles. The fourth-order valence-electron chi connectivity index (χ4n) is 1.96. The van der Waals surface area contributed by atoms with Crippen LogP contribution in [0, 0.1) is 0 Å². The first-order valence-corrected chi connectivity index (χ1v) is 7.46. The molecule has 0 N–H and O–H groups in total. The summed E-state index contributed by atoms with van der Waals surface area (Å²) in [7, 11) is 0.0141. The van der Waals surface area contributed by atoms with Crippen LogP contribution in [-0.2, 0) is 21.6 Å². The van der Waals surface area contributed by atoms with Crippen molar-refractivity contribution in [1.29, 1.82) is 0 Å². The van der Waals surface area contributed by atoms with Gasteiger partial charge >= 0.3 is 0 Å². The van der Waals surface area contributed by atoms with Crippen molar-refractivity contribution in [2.24, 2.45) is 7.05 Å². The SMILES string of the molecule is COS(=O)(=O)[O-].COc1c2c(cc3cc[n+](C)cc13)OCO2. The summed E-state index contributed by atoms with van der Waals surface area (Å²) in [6, 6.07) is 4.00. The van der Waals surface area contributed by atoms with Gasteiger partial charge in [0.05, 0.1) is 19.6 Å². The Morgan fingerprint density at radius 3 is 2.59 bits per heavy atom. The van der Waals surface area contributed by atoms with E-state index in [-0.39, 0.29) is 6.79 Å². The summed E-state index contributed by atoms with van der Waals surface area (Å²) in [5, 5.41) is 2.11. The van der Waals surface area contributed by atoms with Crippen LogP contribution < -0.4 is 18.8 Å². The first kappa shape index (κ1) is 16.3. The molecule has 120 valence electrons. The minimum absolute atomic E-state index is 0.258. The molecule has 0 saturated heterocycles. The van der Waals surface area contributed by atoms with Gasteiger partial charge in [-0.05, 0) is 6.07 Å². The van der Waals surface area contributed by atoms with Gasteiger partial charge < -0.3 is 18.8 Å². The molecule has 0 bridgehead atoms. The van der Waals surface area contributed by atoms with Crippen LogP contribution in [0.15, 0.2) is 24.5 Å². The van der Waals surface area contributed by atoms with Crippen molar-refractivity contribution < 1.29 is 35.9 Å². The normalized spacial score (nSPS) is 12.7. The average Bonchev–Trinajstić information content (AvgIpc) is 2.92. The van der Waals surface area contributed by atoms with E-state index >= 15 is 0 Å². The summed E-state index contributed by atoms with van der Waals surface area (Å²) in [6.07, 6.45) is 4.00. The molecule has 0 radical (unpaired) electrons. The summed E-state index contributed by atoms with van der Waals surface area (Å²) < 4.78 is 49.2. The zero-order chi connectivity index (χ0) is 16.3. The molecule has 9 heteroatoms. The lowest BCUT2D eigenvalue weighted by molar-refractivity contribution is -0.670. The third kappa shape index (κ3) is 3.56. The number of benzene rings is 1. The molecule has 0 aliphatic carbocycles. The number of nitrogens with zero attached hydrogens (tertiary/aromatic N) is 1. The highest BCUT2D eigenvalue weighted by atomic mass is 32.3. The predicted molar refractivity (Wildman–Crippen MR) is 74.5 cm³/mol. The summed E-state index contributed by atoms with van der Waals surface area (Å²) in [4.78, 5) is 0. The summed E-state index contributed by atoms with van der Waals surface area (Å²) in [5.74, 6) is 2.18. The standard InChI is InChI=1S/C12H12NO3.CH4O4S/c1-13-4-3-8-5-10-12(16-7-15-10)11(14-2)9(8)6-13;1-5-6(2,3)4/h3-6H,7H2,1-2H3;1H3,(H,2,3,4)/q+1;/p-1. The molecule has 0 unspecified atom stereocenters. The Morgan fingerprint density at radius 2 is 2.00 bits per heavy atom. The number of methoxy groups -OCH3 is 1. The first-order valence-electron chi connectivity index (χ1n) is 6.12. The largest absolute Gasteiger partial charge is 0.726 e. The molecule has 1 aromatic heterocycles. The molecular formula is C13H15NO7S. The summed E-state index contributed by atoms with van der Waals surface area (Å²) >= 11 is 0. The van der Waals surface area contributed by atoms with E-state index in [1.807, 2.05) is 36.1 Å². The number of hydrogen-bond acceptors (Lipinski definition) is 7. The number of aryl methyl sites for hydroxylation is 1. The third-order valence-corrected chi connectivity index (χ3v) is 3.33. The Kier molecular flexibility index (Phi) is 4.69. The van der Waals surface area contributed by atoms with Crippen LogP contribution in [0.5, 0.6) is 17.2 Å². The number of pyridine rings is 1. The molecule has 0 saturated carbocycles. The number of rotatable bonds is 2. The fraction of sp³-hybridized carbons (Fsp3) is 0.308. The van der Waals surface area contributed by atoms with Crippen LogP contribution in [0.1, 0.15) is 0 Å². The second-order valence-electron chi connectivity index (χ2n) is 4.33. The zero-order valence-electron chi connectivity index (χ0n) is 12.2. The molecule has 2 aromatic rings. The minimum atomic E-state index is -4.41. The second-order valence-corrected chi connectivity index (χ2v) is 5.48. The van der Waals surface area contributed by atoms with Crippen molar-refractivity contribution in [2.45, 2.75) is 0 Å². The highest BCUT2D eigenvalue weighted by molar-refractivity contribution is 7.80. The molecule has 1 aliphatic heterocycles. The molecule has 0 amide bonds. The number of hydrogen-bond donors (Lipinski definition) is 0. The van der Waals surface area contributed by atoms with Gasteiger partial charge in [0.15, 0.2) is 23.9 Å². The molecule has 0 fully saturated rings. The molecule has 3 rings (SSSR count). The third-order valence-electron chi connectivity index (χ3n) is 2.92. The highest BCUT2D eigenvalue weighted by Crippen LogP contribution is 2.45. The number of fused-ring (bicyclic) bond motifs is 2. The smallest absolute Gasteiger partial charge is 0.231 e. The van der Waals surface area contributed by atoms with Gasteiger partial charge in [0.2, 0.25) is 22.9 Å². The van der Waals surface area contributed by atoms with E-state index < -0.39 is 10.4 Å². The first-order chi connectivity index (χ1) is 10.4. The maximum Gasteiger partial charge on any atom is 0.231 e. The Bertz CT molecular complexity index is 789. The molecule has 0 spiro atoms. The van der Waals surface area contributed by atoms with E-state index in [0.29, 0.717) is 5.75 Å². The Morgan fingerprint density at radius 1 is 1.32 bits per heavy atom. The lowest BCUT2D eigenvalue weighted by atomic mass is 10.1. The van der Waals surface area contributed by atoms with Gasteiger partial charge in [-0.25, -0.2) is 13.0 Å². The lowest BCUT2D eigenvalue weighted by Crippen LogP contribution is -2.25. The minimum Gasteiger partial charge on any atom is -0.726 e. The number of aromatic nitrogens is 1. The van der Waals surface area contributed by atoms with Crippen molar-refractivity contribution in [2.75, 3.05) is 21.0 Å². The van der Waals surface area contributed by atoms with E-state index in [9.17, 15) is 13.0 Å². The van der Waals surface area contributed by atoms with Crippen molar-refractivity contribution in [3.8, 4) is 17.2 Å². The maximum atomic E-state index is 9.22. The van der Waals surface area contributed by atoms with Crippen LogP contribution in [0.2, 0.25) is 0 Å². The van der Waals surface area contributed by atoms with Gasteiger partial charge in [-0.2, -0.15) is 0 Å². The van der Waals surface area contributed by atoms with Gasteiger partial charge in [0, 0.05) is 11.5 Å². The van der Waals surface area contributed by atoms with Crippen molar-refractivity contribution >= 4 is 21.2 Å². The fourth-order valence-corrected chi connectivity index (χ4v) is 1.96. The Labute approximate surface area is 127 Å². The number of ether oxygens (including phenoxy) is 3. The highest BCUT2D eigenvalue weighted by Gasteiger charge is 2.23. The predicted octanol–water partition coefficient (Wildman–Crippen LogP) is 0.495. The molecule has 1 aliphatic rings. The van der Waals surface area contributed by atoms with Gasteiger partial charge in [-0.1, -0.05) is 0 Å². The summed E-state index contributed by atoms with van der Waals surface area (Å²) in [6.45, 7) is 0.258. The Balaban J connectivity index is 0.000000254. The van der Waals surface area contributed by atoms with Crippen molar-refractivity contribution in [1.82, 2.24) is 0 Å².